The molecule has 3 aromatic rings. The van der Waals surface area contributed by atoms with Crippen LogP contribution in [0.2, 0.25) is 0 Å². The lowest BCUT2D eigenvalue weighted by Gasteiger charge is -2.11. The highest BCUT2D eigenvalue weighted by atomic mass is 32.1. The molecule has 2 aromatic carbocycles. The first-order valence-electron chi connectivity index (χ1n) is 8.57. The van der Waals surface area contributed by atoms with Crippen LogP contribution in [-0.4, -0.2) is 25.2 Å². The maximum atomic E-state index is 12.0. The number of hydrogen-bond acceptors (Lipinski definition) is 6. The van der Waals surface area contributed by atoms with E-state index in [9.17, 15) is 4.79 Å². The number of thiazole rings is 1. The summed E-state index contributed by atoms with van der Waals surface area (Å²) in [4.78, 5) is 16.1. The molecule has 1 aromatic heterocycles. The maximum Gasteiger partial charge on any atom is 0.315 e. The molecule has 0 fully saturated rings. The van der Waals surface area contributed by atoms with E-state index in [4.69, 9.17) is 14.2 Å². The Hall–Kier alpha value is -3.26. The van der Waals surface area contributed by atoms with Crippen molar-refractivity contribution in [2.75, 3.05) is 14.2 Å². The number of rotatable bonds is 8. The molecule has 3 rings (SSSR count). The normalized spacial score (nSPS) is 10.2. The molecule has 0 bridgehead atoms. The van der Waals surface area contributed by atoms with Crippen molar-refractivity contribution in [3.8, 4) is 22.4 Å². The van der Waals surface area contributed by atoms with E-state index < -0.39 is 0 Å². The van der Waals surface area contributed by atoms with Crippen LogP contribution in [0.5, 0.6) is 22.4 Å². The molecule has 0 saturated carbocycles. The molecule has 2 N–H and O–H groups in total. The molecule has 28 heavy (non-hydrogen) atoms. The van der Waals surface area contributed by atoms with Crippen LogP contribution >= 0.6 is 11.3 Å². The summed E-state index contributed by atoms with van der Waals surface area (Å²) in [6.45, 7) is 0.794. The van der Waals surface area contributed by atoms with E-state index in [2.05, 4.69) is 15.6 Å². The number of aromatic nitrogens is 1. The molecule has 0 aliphatic carbocycles. The Balaban J connectivity index is 1.45. The number of nitrogens with zero attached hydrogens (tertiary/aromatic N) is 1. The fourth-order valence-corrected chi connectivity index (χ4v) is 2.96. The van der Waals surface area contributed by atoms with Crippen LogP contribution in [0.15, 0.2) is 54.0 Å². The van der Waals surface area contributed by atoms with Gasteiger partial charge in [0.15, 0.2) is 11.5 Å². The van der Waals surface area contributed by atoms with Crippen LogP contribution in [0.3, 0.4) is 0 Å². The number of nitrogens with one attached hydrogen (secondary N) is 2. The average molecular weight is 399 g/mol. The highest BCUT2D eigenvalue weighted by Crippen LogP contribution is 2.27. The van der Waals surface area contributed by atoms with Gasteiger partial charge in [-0.25, -0.2) is 9.78 Å². The second kappa shape index (κ2) is 9.61. The third kappa shape index (κ3) is 5.37. The summed E-state index contributed by atoms with van der Waals surface area (Å²) in [5, 5.41) is 8.10. The van der Waals surface area contributed by atoms with Crippen LogP contribution in [0.25, 0.3) is 0 Å². The summed E-state index contributed by atoms with van der Waals surface area (Å²) in [5.74, 6) is 1.98. The van der Waals surface area contributed by atoms with E-state index in [0.717, 1.165) is 11.1 Å². The van der Waals surface area contributed by atoms with E-state index in [0.29, 0.717) is 35.5 Å². The van der Waals surface area contributed by atoms with E-state index in [1.807, 2.05) is 47.8 Å². The second-order valence-electron chi connectivity index (χ2n) is 5.77. The fraction of sp³-hybridized carbons (Fsp3) is 0.200. The van der Waals surface area contributed by atoms with Gasteiger partial charge in [-0.3, -0.25) is 0 Å². The van der Waals surface area contributed by atoms with Crippen LogP contribution in [-0.2, 0) is 13.1 Å². The van der Waals surface area contributed by atoms with Crippen molar-refractivity contribution in [3.05, 3.63) is 65.2 Å². The van der Waals surface area contributed by atoms with Gasteiger partial charge in [0.25, 0.3) is 5.19 Å². The summed E-state index contributed by atoms with van der Waals surface area (Å²) in [5.41, 5.74) is 1.88. The molecular weight excluding hydrogens is 378 g/mol. The Kier molecular flexibility index (Phi) is 6.69. The molecule has 0 spiro atoms. The predicted octanol–water partition coefficient (Wildman–Crippen LogP) is 3.95. The number of methoxy groups -OCH3 is 2. The Morgan fingerprint density at radius 2 is 1.64 bits per heavy atom. The van der Waals surface area contributed by atoms with Gasteiger partial charge < -0.3 is 24.8 Å². The third-order valence-electron chi connectivity index (χ3n) is 3.89. The zero-order valence-corrected chi connectivity index (χ0v) is 16.4. The number of benzene rings is 2. The van der Waals surface area contributed by atoms with Gasteiger partial charge in [0.05, 0.1) is 14.2 Å². The van der Waals surface area contributed by atoms with E-state index in [-0.39, 0.29) is 6.03 Å². The highest BCUT2D eigenvalue weighted by Gasteiger charge is 2.06. The molecule has 0 atom stereocenters. The minimum Gasteiger partial charge on any atom is -0.493 e. The third-order valence-corrected chi connectivity index (χ3v) is 4.54. The van der Waals surface area contributed by atoms with Gasteiger partial charge in [-0.05, 0) is 35.4 Å². The summed E-state index contributed by atoms with van der Waals surface area (Å²) in [6, 6.07) is 12.8. The van der Waals surface area contributed by atoms with Gasteiger partial charge in [0.2, 0.25) is 0 Å². The number of urea groups is 1. The number of ether oxygens (including phenoxy) is 3. The Bertz CT molecular complexity index is 898. The maximum absolute atomic E-state index is 12.0. The fourth-order valence-electron chi connectivity index (χ4n) is 2.45. The molecule has 8 heteroatoms. The van der Waals surface area contributed by atoms with Gasteiger partial charge >= 0.3 is 6.03 Å². The van der Waals surface area contributed by atoms with Crippen molar-refractivity contribution >= 4 is 17.4 Å². The van der Waals surface area contributed by atoms with Gasteiger partial charge in [-0.2, -0.15) is 0 Å². The molecule has 146 valence electrons. The first-order chi connectivity index (χ1) is 13.7. The molecule has 0 saturated heterocycles. The minimum atomic E-state index is -0.252. The second-order valence-corrected chi connectivity index (χ2v) is 6.63. The Morgan fingerprint density at radius 3 is 2.29 bits per heavy atom. The molecular formula is C20H21N3O4S. The number of amides is 2. The van der Waals surface area contributed by atoms with Crippen LogP contribution < -0.4 is 24.8 Å². The van der Waals surface area contributed by atoms with Crippen molar-refractivity contribution in [3.63, 3.8) is 0 Å². The molecule has 0 aliphatic rings. The summed E-state index contributed by atoms with van der Waals surface area (Å²) < 4.78 is 16.1. The lowest BCUT2D eigenvalue weighted by molar-refractivity contribution is 0.240. The number of carbonyl (C=O) groups is 1. The van der Waals surface area contributed by atoms with Gasteiger partial charge in [-0.1, -0.05) is 29.5 Å². The Labute approximate surface area is 167 Å². The van der Waals surface area contributed by atoms with Crippen LogP contribution in [0, 0.1) is 0 Å². The molecule has 0 aliphatic heterocycles. The highest BCUT2D eigenvalue weighted by molar-refractivity contribution is 7.11. The monoisotopic (exact) mass is 399 g/mol. The largest absolute Gasteiger partial charge is 0.493 e. The van der Waals surface area contributed by atoms with Crippen LogP contribution in [0.4, 0.5) is 4.79 Å². The first kappa shape index (κ1) is 19.5. The smallest absolute Gasteiger partial charge is 0.315 e. The molecule has 7 nitrogen and oxygen atoms in total. The van der Waals surface area contributed by atoms with E-state index in [1.54, 1.807) is 20.4 Å². The quantitative estimate of drug-likeness (QED) is 0.599. The minimum absolute atomic E-state index is 0.252. The van der Waals surface area contributed by atoms with Crippen molar-refractivity contribution in [1.29, 1.82) is 0 Å². The van der Waals surface area contributed by atoms with E-state index in [1.165, 1.54) is 11.3 Å². The molecule has 2 amide bonds. The van der Waals surface area contributed by atoms with Crippen molar-refractivity contribution < 1.29 is 19.0 Å². The topological polar surface area (TPSA) is 81.7 Å². The SMILES string of the molecule is COc1ccc(CNC(=O)NCc2ccc(Oc3nccs3)cc2)cc1OC. The zero-order valence-electron chi connectivity index (χ0n) is 15.6. The molecule has 1 heterocycles. The number of carbonyl (C=O) groups excluding carboxylic acids is 1. The standard InChI is InChI=1S/C20H21N3O4S/c1-25-17-8-5-15(11-18(17)26-2)13-23-19(24)22-12-14-3-6-16(7-4-14)27-20-21-9-10-28-20/h3-11H,12-13H2,1-2H3,(H2,22,23,24). The zero-order chi connectivity index (χ0) is 19.8. The van der Waals surface area contributed by atoms with Gasteiger partial charge in [0.1, 0.15) is 5.75 Å². The molecule has 0 unspecified atom stereocenters. The summed E-state index contributed by atoms with van der Waals surface area (Å²) in [7, 11) is 3.16. The predicted molar refractivity (Wildman–Crippen MR) is 107 cm³/mol. The Morgan fingerprint density at radius 1 is 0.964 bits per heavy atom. The number of hydrogen-bond donors (Lipinski definition) is 2. The first-order valence-corrected chi connectivity index (χ1v) is 9.45. The van der Waals surface area contributed by atoms with Gasteiger partial charge in [-0.15, -0.1) is 0 Å². The van der Waals surface area contributed by atoms with Crippen molar-refractivity contribution in [2.24, 2.45) is 0 Å². The average Bonchev–Trinajstić information content (AvgIpc) is 3.24. The lowest BCUT2D eigenvalue weighted by Crippen LogP contribution is -2.34. The summed E-state index contributed by atoms with van der Waals surface area (Å²) in [6.07, 6.45) is 1.69. The van der Waals surface area contributed by atoms with Crippen molar-refractivity contribution in [2.45, 2.75) is 13.1 Å². The van der Waals surface area contributed by atoms with E-state index >= 15 is 0 Å². The van der Waals surface area contributed by atoms with Crippen molar-refractivity contribution in [1.82, 2.24) is 15.6 Å². The molecule has 0 radical (unpaired) electrons. The summed E-state index contributed by atoms with van der Waals surface area (Å²) >= 11 is 1.43. The van der Waals surface area contributed by atoms with Crippen LogP contribution in [0.1, 0.15) is 11.1 Å². The van der Waals surface area contributed by atoms with Gasteiger partial charge in [0, 0.05) is 24.7 Å². The lowest BCUT2D eigenvalue weighted by atomic mass is 10.2.